The fourth-order valence-electron chi connectivity index (χ4n) is 2.09. The summed E-state index contributed by atoms with van der Waals surface area (Å²) in [4.78, 5) is 16.4. The van der Waals surface area contributed by atoms with Crippen LogP contribution in [0.4, 0.5) is 0 Å². The standard InChI is InChI=1S/C17H14ClN3O3/c1-23-14-7-3-4-11(9-14)16(22)19-10-15-20-17(24-21-15)12-5-2-6-13(18)8-12/h2-9H,10H2,1H3,(H,19,22). The van der Waals surface area contributed by atoms with Gasteiger partial charge in [-0.1, -0.05) is 28.9 Å². The van der Waals surface area contributed by atoms with Crippen molar-refractivity contribution in [3.8, 4) is 17.2 Å². The first-order valence-corrected chi connectivity index (χ1v) is 7.54. The molecule has 0 spiro atoms. The van der Waals surface area contributed by atoms with Crippen LogP contribution < -0.4 is 10.1 Å². The second-order valence-corrected chi connectivity index (χ2v) is 5.38. The van der Waals surface area contributed by atoms with Gasteiger partial charge in [-0.05, 0) is 36.4 Å². The maximum atomic E-state index is 12.1. The lowest BCUT2D eigenvalue weighted by Crippen LogP contribution is -2.23. The molecular weight excluding hydrogens is 330 g/mol. The Morgan fingerprint density at radius 2 is 2.08 bits per heavy atom. The number of rotatable bonds is 5. The predicted molar refractivity (Wildman–Crippen MR) is 88.9 cm³/mol. The fourth-order valence-corrected chi connectivity index (χ4v) is 2.28. The molecule has 6 nitrogen and oxygen atoms in total. The Morgan fingerprint density at radius 1 is 1.25 bits per heavy atom. The highest BCUT2D eigenvalue weighted by Gasteiger charge is 2.11. The van der Waals surface area contributed by atoms with Crippen LogP contribution in [0.25, 0.3) is 11.5 Å². The minimum absolute atomic E-state index is 0.153. The van der Waals surface area contributed by atoms with Gasteiger partial charge in [-0.2, -0.15) is 4.98 Å². The van der Waals surface area contributed by atoms with Crippen molar-refractivity contribution in [3.63, 3.8) is 0 Å². The zero-order valence-corrected chi connectivity index (χ0v) is 13.6. The van der Waals surface area contributed by atoms with Gasteiger partial charge in [0.25, 0.3) is 11.8 Å². The lowest BCUT2D eigenvalue weighted by Gasteiger charge is -2.04. The second kappa shape index (κ2) is 7.14. The van der Waals surface area contributed by atoms with E-state index in [9.17, 15) is 4.79 Å². The van der Waals surface area contributed by atoms with Gasteiger partial charge in [-0.25, -0.2) is 0 Å². The minimum Gasteiger partial charge on any atom is -0.497 e. The van der Waals surface area contributed by atoms with Crippen LogP contribution in [0.1, 0.15) is 16.2 Å². The van der Waals surface area contributed by atoms with Crippen molar-refractivity contribution in [2.24, 2.45) is 0 Å². The number of benzene rings is 2. The largest absolute Gasteiger partial charge is 0.497 e. The van der Waals surface area contributed by atoms with Crippen molar-refractivity contribution in [2.45, 2.75) is 6.54 Å². The van der Waals surface area contributed by atoms with Gasteiger partial charge in [0, 0.05) is 16.1 Å². The molecule has 1 heterocycles. The topological polar surface area (TPSA) is 77.2 Å². The molecular formula is C17H14ClN3O3. The fraction of sp³-hybridized carbons (Fsp3) is 0.118. The van der Waals surface area contributed by atoms with Gasteiger partial charge < -0.3 is 14.6 Å². The lowest BCUT2D eigenvalue weighted by atomic mass is 10.2. The summed E-state index contributed by atoms with van der Waals surface area (Å²) in [7, 11) is 1.55. The number of aromatic nitrogens is 2. The Balaban J connectivity index is 1.66. The summed E-state index contributed by atoms with van der Waals surface area (Å²) in [5, 5.41) is 7.17. The van der Waals surface area contributed by atoms with Gasteiger partial charge in [-0.3, -0.25) is 4.79 Å². The third-order valence-electron chi connectivity index (χ3n) is 3.28. The molecule has 0 fully saturated rings. The first-order chi connectivity index (χ1) is 11.7. The average Bonchev–Trinajstić information content (AvgIpc) is 3.09. The molecule has 0 saturated carbocycles. The van der Waals surface area contributed by atoms with Crippen LogP contribution in [0.2, 0.25) is 5.02 Å². The number of methoxy groups -OCH3 is 1. The minimum atomic E-state index is -0.247. The highest BCUT2D eigenvalue weighted by molar-refractivity contribution is 6.30. The van der Waals surface area contributed by atoms with E-state index in [4.69, 9.17) is 20.9 Å². The maximum Gasteiger partial charge on any atom is 0.258 e. The van der Waals surface area contributed by atoms with Gasteiger partial charge in [0.2, 0.25) is 0 Å². The van der Waals surface area contributed by atoms with Crippen LogP contribution in [0.15, 0.2) is 53.1 Å². The Hall–Kier alpha value is -2.86. The number of nitrogens with one attached hydrogen (secondary N) is 1. The van der Waals surface area contributed by atoms with E-state index in [0.717, 1.165) is 5.56 Å². The number of hydrogen-bond donors (Lipinski definition) is 1. The van der Waals surface area contributed by atoms with Crippen LogP contribution in [0.3, 0.4) is 0 Å². The average molecular weight is 344 g/mol. The molecule has 0 saturated heterocycles. The van der Waals surface area contributed by atoms with Crippen LogP contribution in [-0.4, -0.2) is 23.2 Å². The zero-order valence-electron chi connectivity index (χ0n) is 12.8. The Morgan fingerprint density at radius 3 is 2.88 bits per heavy atom. The maximum absolute atomic E-state index is 12.1. The van der Waals surface area contributed by atoms with Crippen molar-refractivity contribution >= 4 is 17.5 Å². The molecule has 3 rings (SSSR count). The Kier molecular flexibility index (Phi) is 4.77. The van der Waals surface area contributed by atoms with Crippen molar-refractivity contribution in [1.29, 1.82) is 0 Å². The van der Waals surface area contributed by atoms with E-state index in [1.807, 2.05) is 6.07 Å². The van der Waals surface area contributed by atoms with E-state index in [2.05, 4.69) is 15.5 Å². The Labute approximate surface area is 143 Å². The highest BCUT2D eigenvalue weighted by atomic mass is 35.5. The molecule has 0 atom stereocenters. The van der Waals surface area contributed by atoms with Gasteiger partial charge in [0.1, 0.15) is 5.75 Å². The van der Waals surface area contributed by atoms with E-state index >= 15 is 0 Å². The first kappa shape index (κ1) is 16.0. The number of nitrogens with zero attached hydrogens (tertiary/aromatic N) is 2. The third-order valence-corrected chi connectivity index (χ3v) is 3.51. The normalized spacial score (nSPS) is 10.4. The van der Waals surface area contributed by atoms with E-state index in [-0.39, 0.29) is 12.5 Å². The van der Waals surface area contributed by atoms with Crippen molar-refractivity contribution in [3.05, 3.63) is 64.9 Å². The van der Waals surface area contributed by atoms with Crippen LogP contribution in [-0.2, 0) is 6.54 Å². The van der Waals surface area contributed by atoms with E-state index in [0.29, 0.717) is 28.1 Å². The molecule has 0 radical (unpaired) electrons. The van der Waals surface area contributed by atoms with Crippen LogP contribution >= 0.6 is 11.6 Å². The highest BCUT2D eigenvalue weighted by Crippen LogP contribution is 2.20. The summed E-state index contributed by atoms with van der Waals surface area (Å²) >= 11 is 5.94. The molecule has 2 aromatic carbocycles. The zero-order chi connectivity index (χ0) is 16.9. The van der Waals surface area contributed by atoms with Crippen molar-refractivity contribution in [1.82, 2.24) is 15.5 Å². The second-order valence-electron chi connectivity index (χ2n) is 4.94. The number of ether oxygens (including phenoxy) is 1. The van der Waals surface area contributed by atoms with E-state index in [1.54, 1.807) is 49.6 Å². The smallest absolute Gasteiger partial charge is 0.258 e. The summed E-state index contributed by atoms with van der Waals surface area (Å²) in [6.45, 7) is 0.153. The third kappa shape index (κ3) is 3.72. The van der Waals surface area contributed by atoms with Crippen molar-refractivity contribution in [2.75, 3.05) is 7.11 Å². The molecule has 7 heteroatoms. The quantitative estimate of drug-likeness (QED) is 0.768. The van der Waals surface area contributed by atoms with Gasteiger partial charge in [0.15, 0.2) is 5.82 Å². The number of carbonyl (C=O) groups excluding carboxylic acids is 1. The summed E-state index contributed by atoms with van der Waals surface area (Å²) in [5.41, 5.74) is 1.22. The van der Waals surface area contributed by atoms with Crippen LogP contribution in [0, 0.1) is 0 Å². The SMILES string of the molecule is COc1cccc(C(=O)NCc2noc(-c3cccc(Cl)c3)n2)c1. The van der Waals surface area contributed by atoms with Gasteiger partial charge in [-0.15, -0.1) is 0 Å². The molecule has 1 aromatic heterocycles. The monoisotopic (exact) mass is 343 g/mol. The predicted octanol–water partition coefficient (Wildman–Crippen LogP) is 3.33. The lowest BCUT2D eigenvalue weighted by molar-refractivity contribution is 0.0949. The van der Waals surface area contributed by atoms with E-state index < -0.39 is 0 Å². The summed E-state index contributed by atoms with van der Waals surface area (Å²) in [6.07, 6.45) is 0. The summed E-state index contributed by atoms with van der Waals surface area (Å²) in [5.74, 6) is 1.10. The molecule has 0 aliphatic rings. The number of carbonyl (C=O) groups is 1. The molecule has 1 N–H and O–H groups in total. The molecule has 24 heavy (non-hydrogen) atoms. The van der Waals surface area contributed by atoms with Crippen LogP contribution in [0.5, 0.6) is 5.75 Å². The molecule has 1 amide bonds. The van der Waals surface area contributed by atoms with Gasteiger partial charge >= 0.3 is 0 Å². The van der Waals surface area contributed by atoms with E-state index in [1.165, 1.54) is 0 Å². The molecule has 0 aliphatic heterocycles. The first-order valence-electron chi connectivity index (χ1n) is 7.16. The Bertz CT molecular complexity index is 864. The summed E-state index contributed by atoms with van der Waals surface area (Å²) in [6, 6.07) is 14.0. The molecule has 0 unspecified atom stereocenters. The van der Waals surface area contributed by atoms with Crippen molar-refractivity contribution < 1.29 is 14.1 Å². The van der Waals surface area contributed by atoms with Gasteiger partial charge in [0.05, 0.1) is 13.7 Å². The molecule has 0 aliphatic carbocycles. The summed E-state index contributed by atoms with van der Waals surface area (Å²) < 4.78 is 10.3. The number of amides is 1. The molecule has 122 valence electrons. The molecule has 3 aromatic rings. The molecule has 0 bridgehead atoms. The number of hydrogen-bond acceptors (Lipinski definition) is 5. The number of halogens is 1.